The second-order valence-corrected chi connectivity index (χ2v) is 5.23. The van der Waals surface area contributed by atoms with Crippen molar-refractivity contribution in [2.45, 2.75) is 9.92 Å². The van der Waals surface area contributed by atoms with Crippen LogP contribution in [0.4, 0.5) is 11.4 Å². The summed E-state index contributed by atoms with van der Waals surface area (Å²) in [5.74, 6) is 0. The maximum Gasteiger partial charge on any atom is 0.305 e. The number of nitro groups is 1. The largest absolute Gasteiger partial charge is 0.393 e. The van der Waals surface area contributed by atoms with Crippen molar-refractivity contribution in [2.24, 2.45) is 0 Å². The normalized spacial score (nSPS) is 10.3. The lowest BCUT2D eigenvalue weighted by molar-refractivity contribution is -0.386. The Morgan fingerprint density at radius 2 is 2.11 bits per heavy atom. The number of rotatable bonds is 3. The summed E-state index contributed by atoms with van der Waals surface area (Å²) in [4.78, 5) is 15.1. The van der Waals surface area contributed by atoms with Gasteiger partial charge in [0, 0.05) is 6.20 Å². The predicted molar refractivity (Wildman–Crippen MR) is 73.6 cm³/mol. The van der Waals surface area contributed by atoms with E-state index in [2.05, 4.69) is 20.9 Å². The van der Waals surface area contributed by atoms with Gasteiger partial charge in [0.05, 0.1) is 14.3 Å². The molecule has 0 fully saturated rings. The van der Waals surface area contributed by atoms with E-state index in [1.54, 1.807) is 24.4 Å². The van der Waals surface area contributed by atoms with Crippen LogP contribution in [0.1, 0.15) is 0 Å². The lowest BCUT2D eigenvalue weighted by Gasteiger charge is -2.05. The number of nitrogens with two attached hydrogens (primary N) is 1. The Morgan fingerprint density at radius 1 is 1.33 bits per heavy atom. The zero-order chi connectivity index (χ0) is 13.1. The molecule has 2 rings (SSSR count). The standard InChI is InChI=1S/C11H8BrN3O2S/c12-7-3-2-6-14-11(7)18-9-5-1-4-8(13)10(9)15(16)17/h1-6H,13H2. The minimum absolute atomic E-state index is 0.0833. The van der Waals surface area contributed by atoms with Crippen LogP contribution < -0.4 is 5.73 Å². The van der Waals surface area contributed by atoms with Crippen LogP contribution in [0.15, 0.2) is 50.9 Å². The maximum atomic E-state index is 11.0. The van der Waals surface area contributed by atoms with Crippen molar-refractivity contribution >= 4 is 39.1 Å². The van der Waals surface area contributed by atoms with E-state index in [1.807, 2.05) is 6.07 Å². The van der Waals surface area contributed by atoms with Gasteiger partial charge in [-0.05, 0) is 40.2 Å². The van der Waals surface area contributed by atoms with Gasteiger partial charge in [-0.2, -0.15) is 0 Å². The van der Waals surface area contributed by atoms with Crippen LogP contribution in [0.5, 0.6) is 0 Å². The molecule has 0 aliphatic rings. The molecular weight excluding hydrogens is 318 g/mol. The number of nitrogens with zero attached hydrogens (tertiary/aromatic N) is 2. The minimum atomic E-state index is -0.478. The van der Waals surface area contributed by atoms with Gasteiger partial charge in [0.15, 0.2) is 0 Å². The Kier molecular flexibility index (Phi) is 3.83. The summed E-state index contributed by atoms with van der Waals surface area (Å²) in [6.45, 7) is 0. The smallest absolute Gasteiger partial charge is 0.305 e. The summed E-state index contributed by atoms with van der Waals surface area (Å²) in [7, 11) is 0. The van der Waals surface area contributed by atoms with Crippen molar-refractivity contribution in [3.8, 4) is 0 Å². The summed E-state index contributed by atoms with van der Waals surface area (Å²) in [6.07, 6.45) is 1.63. The number of benzene rings is 1. The Bertz CT molecular complexity index is 607. The molecule has 0 unspecified atom stereocenters. The number of aromatic nitrogens is 1. The van der Waals surface area contributed by atoms with Gasteiger partial charge in [0.25, 0.3) is 0 Å². The molecule has 1 aromatic heterocycles. The van der Waals surface area contributed by atoms with E-state index in [4.69, 9.17) is 5.73 Å². The predicted octanol–water partition coefficient (Wildman–Crippen LogP) is 3.49. The Labute approximate surface area is 116 Å². The van der Waals surface area contributed by atoms with E-state index < -0.39 is 4.92 Å². The van der Waals surface area contributed by atoms with Crippen LogP contribution in [-0.4, -0.2) is 9.91 Å². The molecule has 0 bridgehead atoms. The van der Waals surface area contributed by atoms with Crippen molar-refractivity contribution in [1.82, 2.24) is 4.98 Å². The maximum absolute atomic E-state index is 11.0. The third-order valence-corrected chi connectivity index (χ3v) is 4.11. The molecule has 7 heteroatoms. The molecule has 0 atom stereocenters. The van der Waals surface area contributed by atoms with Crippen LogP contribution in [0.3, 0.4) is 0 Å². The van der Waals surface area contributed by atoms with Gasteiger partial charge in [-0.25, -0.2) is 4.98 Å². The molecule has 0 saturated heterocycles. The van der Waals surface area contributed by atoms with Crippen molar-refractivity contribution in [2.75, 3.05) is 5.73 Å². The number of pyridine rings is 1. The zero-order valence-electron chi connectivity index (χ0n) is 9.04. The van der Waals surface area contributed by atoms with Gasteiger partial charge in [0.1, 0.15) is 10.7 Å². The second kappa shape index (κ2) is 5.36. The van der Waals surface area contributed by atoms with Crippen molar-refractivity contribution in [3.63, 3.8) is 0 Å². The van der Waals surface area contributed by atoms with Crippen LogP contribution in [0.25, 0.3) is 0 Å². The highest BCUT2D eigenvalue weighted by Crippen LogP contribution is 2.39. The quantitative estimate of drug-likeness (QED) is 0.530. The fourth-order valence-electron chi connectivity index (χ4n) is 1.37. The van der Waals surface area contributed by atoms with Gasteiger partial charge in [0.2, 0.25) is 0 Å². The third kappa shape index (κ3) is 2.62. The highest BCUT2D eigenvalue weighted by Gasteiger charge is 2.19. The Hall–Kier alpha value is -1.60. The fourth-order valence-corrected chi connectivity index (χ4v) is 2.79. The molecule has 2 N–H and O–H groups in total. The average molecular weight is 326 g/mol. The second-order valence-electron chi connectivity index (χ2n) is 3.34. The number of nitro benzene ring substituents is 1. The van der Waals surface area contributed by atoms with E-state index in [9.17, 15) is 10.1 Å². The molecule has 5 nitrogen and oxygen atoms in total. The fraction of sp³-hybridized carbons (Fsp3) is 0. The van der Waals surface area contributed by atoms with E-state index in [0.29, 0.717) is 9.92 Å². The molecule has 0 aliphatic carbocycles. The summed E-state index contributed by atoms with van der Waals surface area (Å²) in [5.41, 5.74) is 5.69. The number of hydrogen-bond acceptors (Lipinski definition) is 5. The number of para-hydroxylation sites is 1. The van der Waals surface area contributed by atoms with E-state index in [-0.39, 0.29) is 11.4 Å². The SMILES string of the molecule is Nc1cccc(Sc2ncccc2Br)c1[N+](=O)[O-]. The highest BCUT2D eigenvalue weighted by atomic mass is 79.9. The summed E-state index contributed by atoms with van der Waals surface area (Å²) in [6, 6.07) is 8.45. The molecule has 0 spiro atoms. The Morgan fingerprint density at radius 3 is 2.78 bits per heavy atom. The molecule has 1 aromatic carbocycles. The Balaban J connectivity index is 2.44. The molecule has 0 saturated carbocycles. The number of nitrogen functional groups attached to an aromatic ring is 1. The summed E-state index contributed by atoms with van der Waals surface area (Å²) in [5, 5.41) is 11.7. The van der Waals surface area contributed by atoms with Gasteiger partial charge in [-0.1, -0.05) is 17.8 Å². The monoisotopic (exact) mass is 325 g/mol. The van der Waals surface area contributed by atoms with Crippen molar-refractivity contribution in [3.05, 3.63) is 51.1 Å². The highest BCUT2D eigenvalue weighted by molar-refractivity contribution is 9.10. The molecule has 18 heavy (non-hydrogen) atoms. The third-order valence-electron chi connectivity index (χ3n) is 2.14. The van der Waals surface area contributed by atoms with E-state index in [1.165, 1.54) is 17.8 Å². The topological polar surface area (TPSA) is 82.0 Å². The number of anilines is 1. The first-order valence-corrected chi connectivity index (χ1v) is 6.52. The molecule has 0 radical (unpaired) electrons. The molecule has 0 aliphatic heterocycles. The van der Waals surface area contributed by atoms with Crippen molar-refractivity contribution in [1.29, 1.82) is 0 Å². The lowest BCUT2D eigenvalue weighted by Crippen LogP contribution is -1.97. The molecule has 0 amide bonds. The van der Waals surface area contributed by atoms with Gasteiger partial charge < -0.3 is 5.73 Å². The number of hydrogen-bond donors (Lipinski definition) is 1. The summed E-state index contributed by atoms with van der Waals surface area (Å²) >= 11 is 4.55. The summed E-state index contributed by atoms with van der Waals surface area (Å²) < 4.78 is 0.784. The molecule has 1 heterocycles. The molecule has 92 valence electrons. The van der Waals surface area contributed by atoms with Crippen LogP contribution >= 0.6 is 27.7 Å². The van der Waals surface area contributed by atoms with Gasteiger partial charge in [-0.15, -0.1) is 0 Å². The van der Waals surface area contributed by atoms with Crippen LogP contribution in [0, 0.1) is 10.1 Å². The van der Waals surface area contributed by atoms with E-state index >= 15 is 0 Å². The lowest BCUT2D eigenvalue weighted by atomic mass is 10.3. The first-order valence-electron chi connectivity index (χ1n) is 4.91. The number of halogens is 1. The van der Waals surface area contributed by atoms with Crippen molar-refractivity contribution < 1.29 is 4.92 Å². The first-order chi connectivity index (χ1) is 8.59. The zero-order valence-corrected chi connectivity index (χ0v) is 11.4. The van der Waals surface area contributed by atoms with Gasteiger partial charge >= 0.3 is 5.69 Å². The molecular formula is C11H8BrN3O2S. The van der Waals surface area contributed by atoms with E-state index in [0.717, 1.165) is 4.47 Å². The van der Waals surface area contributed by atoms with Gasteiger partial charge in [-0.3, -0.25) is 10.1 Å². The van der Waals surface area contributed by atoms with Crippen LogP contribution in [-0.2, 0) is 0 Å². The van der Waals surface area contributed by atoms with Crippen LogP contribution in [0.2, 0.25) is 0 Å². The molecule has 2 aromatic rings. The minimum Gasteiger partial charge on any atom is -0.393 e. The average Bonchev–Trinajstić information content (AvgIpc) is 2.31. The first kappa shape index (κ1) is 12.8.